The third kappa shape index (κ3) is 3.15. The molecule has 0 aliphatic rings. The summed E-state index contributed by atoms with van der Waals surface area (Å²) in [6.45, 7) is 3.88. The van der Waals surface area contributed by atoms with Crippen LogP contribution in [0.5, 0.6) is 0 Å². The summed E-state index contributed by atoms with van der Waals surface area (Å²) in [7, 11) is 0. The third-order valence-corrected chi connectivity index (χ3v) is 3.82. The molecule has 0 spiro atoms. The zero-order chi connectivity index (χ0) is 14.0. The number of nitrogens with two attached hydrogens (primary N) is 1. The smallest absolute Gasteiger partial charge is 0.255 e. The molecule has 2 rings (SSSR count). The highest BCUT2D eigenvalue weighted by atomic mass is 79.9. The van der Waals surface area contributed by atoms with E-state index in [1.54, 1.807) is 12.1 Å². The van der Waals surface area contributed by atoms with Crippen molar-refractivity contribution in [2.75, 3.05) is 11.1 Å². The molecule has 0 heterocycles. The van der Waals surface area contributed by atoms with E-state index in [4.69, 9.17) is 5.73 Å². The van der Waals surface area contributed by atoms with Gasteiger partial charge in [0.15, 0.2) is 0 Å². The van der Waals surface area contributed by atoms with Crippen LogP contribution in [-0.2, 0) is 0 Å². The van der Waals surface area contributed by atoms with Gasteiger partial charge in [0, 0.05) is 21.4 Å². The van der Waals surface area contributed by atoms with Crippen LogP contribution in [0.15, 0.2) is 40.9 Å². The van der Waals surface area contributed by atoms with Crippen molar-refractivity contribution in [3.63, 3.8) is 0 Å². The minimum atomic E-state index is -0.135. The van der Waals surface area contributed by atoms with E-state index in [1.807, 2.05) is 38.1 Å². The number of hydrogen-bond donors (Lipinski definition) is 2. The summed E-state index contributed by atoms with van der Waals surface area (Å²) in [4.78, 5) is 12.2. The van der Waals surface area contributed by atoms with Crippen molar-refractivity contribution in [3.05, 3.63) is 57.6 Å². The Morgan fingerprint density at radius 2 is 1.84 bits per heavy atom. The molecule has 3 nitrogen and oxygen atoms in total. The summed E-state index contributed by atoms with van der Waals surface area (Å²) >= 11 is 3.42. The van der Waals surface area contributed by atoms with E-state index in [0.717, 1.165) is 21.3 Å². The molecule has 3 N–H and O–H groups in total. The molecule has 0 aromatic heterocycles. The van der Waals surface area contributed by atoms with Gasteiger partial charge in [-0.05, 0) is 55.3 Å². The average Bonchev–Trinajstić information content (AvgIpc) is 2.37. The van der Waals surface area contributed by atoms with Crippen LogP contribution in [0.4, 0.5) is 11.4 Å². The number of rotatable bonds is 2. The van der Waals surface area contributed by atoms with Crippen molar-refractivity contribution in [2.24, 2.45) is 0 Å². The Kier molecular flexibility index (Phi) is 3.90. The number of benzene rings is 2. The zero-order valence-electron chi connectivity index (χ0n) is 10.8. The molecule has 0 aliphatic carbocycles. The van der Waals surface area contributed by atoms with Gasteiger partial charge in [-0.1, -0.05) is 22.0 Å². The van der Waals surface area contributed by atoms with Gasteiger partial charge in [0.25, 0.3) is 5.91 Å². The van der Waals surface area contributed by atoms with Crippen molar-refractivity contribution in [1.29, 1.82) is 0 Å². The minimum absolute atomic E-state index is 0.135. The Labute approximate surface area is 121 Å². The molecule has 0 unspecified atom stereocenters. The summed E-state index contributed by atoms with van der Waals surface area (Å²) in [6.07, 6.45) is 0. The van der Waals surface area contributed by atoms with Gasteiger partial charge in [-0.3, -0.25) is 4.79 Å². The Morgan fingerprint density at radius 3 is 2.53 bits per heavy atom. The lowest BCUT2D eigenvalue weighted by atomic mass is 10.1. The molecular weight excluding hydrogens is 304 g/mol. The van der Waals surface area contributed by atoms with Gasteiger partial charge in [0.2, 0.25) is 0 Å². The van der Waals surface area contributed by atoms with Crippen molar-refractivity contribution in [3.8, 4) is 0 Å². The number of halogens is 1. The largest absolute Gasteiger partial charge is 0.399 e. The minimum Gasteiger partial charge on any atom is -0.399 e. The van der Waals surface area contributed by atoms with E-state index in [-0.39, 0.29) is 5.91 Å². The molecule has 2 aromatic carbocycles. The van der Waals surface area contributed by atoms with Gasteiger partial charge in [-0.25, -0.2) is 0 Å². The third-order valence-electron chi connectivity index (χ3n) is 2.93. The SMILES string of the molecule is Cc1cc(C(=O)Nc2cc(N)ccc2C)ccc1Br. The molecule has 0 saturated heterocycles. The van der Waals surface area contributed by atoms with Crippen LogP contribution in [0.25, 0.3) is 0 Å². The fourth-order valence-corrected chi connectivity index (χ4v) is 2.00. The average molecular weight is 319 g/mol. The van der Waals surface area contributed by atoms with Crippen LogP contribution < -0.4 is 11.1 Å². The van der Waals surface area contributed by atoms with Gasteiger partial charge in [-0.2, -0.15) is 0 Å². The van der Waals surface area contributed by atoms with Gasteiger partial charge in [0.05, 0.1) is 0 Å². The van der Waals surface area contributed by atoms with E-state index in [0.29, 0.717) is 11.3 Å². The van der Waals surface area contributed by atoms with Crippen LogP contribution in [0.2, 0.25) is 0 Å². The molecule has 0 saturated carbocycles. The van der Waals surface area contributed by atoms with Gasteiger partial charge in [0.1, 0.15) is 0 Å². The van der Waals surface area contributed by atoms with Crippen molar-refractivity contribution in [2.45, 2.75) is 13.8 Å². The van der Waals surface area contributed by atoms with E-state index in [1.165, 1.54) is 0 Å². The molecule has 4 heteroatoms. The van der Waals surface area contributed by atoms with Crippen LogP contribution in [-0.4, -0.2) is 5.91 Å². The maximum absolute atomic E-state index is 12.2. The predicted molar refractivity (Wildman–Crippen MR) is 82.4 cm³/mol. The highest BCUT2D eigenvalue weighted by Gasteiger charge is 2.09. The molecular formula is C15H15BrN2O. The second-order valence-electron chi connectivity index (χ2n) is 4.49. The topological polar surface area (TPSA) is 55.1 Å². The number of nitrogen functional groups attached to an aromatic ring is 1. The van der Waals surface area contributed by atoms with Crippen molar-refractivity contribution < 1.29 is 4.79 Å². The molecule has 1 amide bonds. The van der Waals surface area contributed by atoms with Crippen molar-refractivity contribution in [1.82, 2.24) is 0 Å². The number of amides is 1. The highest BCUT2D eigenvalue weighted by Crippen LogP contribution is 2.21. The first-order valence-electron chi connectivity index (χ1n) is 5.91. The number of anilines is 2. The molecule has 0 bridgehead atoms. The van der Waals surface area contributed by atoms with E-state index in [9.17, 15) is 4.79 Å². The number of carbonyl (C=O) groups excluding carboxylic acids is 1. The first-order chi connectivity index (χ1) is 8.97. The molecule has 0 fully saturated rings. The Hall–Kier alpha value is -1.81. The summed E-state index contributed by atoms with van der Waals surface area (Å²) in [5.41, 5.74) is 9.74. The number of hydrogen-bond acceptors (Lipinski definition) is 2. The first-order valence-corrected chi connectivity index (χ1v) is 6.70. The lowest BCUT2D eigenvalue weighted by Crippen LogP contribution is -2.13. The summed E-state index contributed by atoms with van der Waals surface area (Å²) < 4.78 is 0.990. The fourth-order valence-electron chi connectivity index (χ4n) is 1.75. The number of carbonyl (C=O) groups is 1. The summed E-state index contributed by atoms with van der Waals surface area (Å²) in [5, 5.41) is 2.88. The van der Waals surface area contributed by atoms with Gasteiger partial charge >= 0.3 is 0 Å². The number of aryl methyl sites for hydroxylation is 2. The Bertz CT molecular complexity index is 638. The molecule has 0 aliphatic heterocycles. The Morgan fingerprint density at radius 1 is 1.11 bits per heavy atom. The fraction of sp³-hybridized carbons (Fsp3) is 0.133. The molecule has 19 heavy (non-hydrogen) atoms. The predicted octanol–water partition coefficient (Wildman–Crippen LogP) is 3.90. The first kappa shape index (κ1) is 13.6. The molecule has 98 valence electrons. The lowest BCUT2D eigenvalue weighted by molar-refractivity contribution is 0.102. The van der Waals surface area contributed by atoms with Crippen molar-refractivity contribution >= 4 is 33.2 Å². The molecule has 0 radical (unpaired) electrons. The van der Waals surface area contributed by atoms with Crippen LogP contribution in [0.1, 0.15) is 21.5 Å². The maximum atomic E-state index is 12.2. The van der Waals surface area contributed by atoms with E-state index >= 15 is 0 Å². The van der Waals surface area contributed by atoms with E-state index in [2.05, 4.69) is 21.2 Å². The van der Waals surface area contributed by atoms with Crippen LogP contribution in [0.3, 0.4) is 0 Å². The highest BCUT2D eigenvalue weighted by molar-refractivity contribution is 9.10. The normalized spacial score (nSPS) is 10.3. The molecule has 2 aromatic rings. The summed E-state index contributed by atoms with van der Waals surface area (Å²) in [5.74, 6) is -0.135. The number of nitrogens with one attached hydrogen (secondary N) is 1. The second kappa shape index (κ2) is 5.45. The maximum Gasteiger partial charge on any atom is 0.255 e. The summed E-state index contributed by atoms with van der Waals surface area (Å²) in [6, 6.07) is 11.0. The standard InChI is InChI=1S/C15H15BrN2O/c1-9-3-5-12(17)8-14(9)18-15(19)11-4-6-13(16)10(2)7-11/h3-8H,17H2,1-2H3,(H,18,19). The quantitative estimate of drug-likeness (QED) is 0.825. The zero-order valence-corrected chi connectivity index (χ0v) is 12.4. The van der Waals surface area contributed by atoms with E-state index < -0.39 is 0 Å². The van der Waals surface area contributed by atoms with Crippen LogP contribution >= 0.6 is 15.9 Å². The van der Waals surface area contributed by atoms with Crippen LogP contribution in [0, 0.1) is 13.8 Å². The lowest BCUT2D eigenvalue weighted by Gasteiger charge is -2.10. The monoisotopic (exact) mass is 318 g/mol. The second-order valence-corrected chi connectivity index (χ2v) is 5.35. The van der Waals surface area contributed by atoms with Gasteiger partial charge in [-0.15, -0.1) is 0 Å². The Balaban J connectivity index is 2.25. The molecule has 0 atom stereocenters. The van der Waals surface area contributed by atoms with Gasteiger partial charge < -0.3 is 11.1 Å².